The van der Waals surface area contributed by atoms with Crippen molar-refractivity contribution in [2.24, 2.45) is 0 Å². The van der Waals surface area contributed by atoms with Crippen LogP contribution in [0.2, 0.25) is 0 Å². The van der Waals surface area contributed by atoms with Gasteiger partial charge >= 0.3 is 5.97 Å². The summed E-state index contributed by atoms with van der Waals surface area (Å²) in [6.07, 6.45) is -0.0782. The van der Waals surface area contributed by atoms with Crippen LogP contribution < -0.4 is 9.64 Å². The minimum atomic E-state index is -0.878. The van der Waals surface area contributed by atoms with E-state index in [-0.39, 0.29) is 11.9 Å². The minimum Gasteiger partial charge on any atom is -0.496 e. The van der Waals surface area contributed by atoms with Gasteiger partial charge in [0.2, 0.25) is 0 Å². The fourth-order valence-corrected chi connectivity index (χ4v) is 3.71. The number of halogens is 1. The highest BCUT2D eigenvalue weighted by atomic mass is 79.9. The molecule has 6 heteroatoms. The van der Waals surface area contributed by atoms with Gasteiger partial charge in [-0.1, -0.05) is 18.2 Å². The molecule has 1 heterocycles. The smallest absolute Gasteiger partial charge is 0.338 e. The zero-order chi connectivity index (χ0) is 18.8. The Hall–Kier alpha value is -2.34. The van der Waals surface area contributed by atoms with Crippen molar-refractivity contribution in [2.75, 3.05) is 12.0 Å². The Bertz CT molecular complexity index is 851. The molecule has 0 unspecified atom stereocenters. The van der Waals surface area contributed by atoms with Crippen LogP contribution >= 0.6 is 15.9 Å². The average molecular weight is 418 g/mol. The molecule has 0 radical (unpaired) electrons. The number of carbonyl (C=O) groups is 2. The van der Waals surface area contributed by atoms with Gasteiger partial charge in [0.25, 0.3) is 5.91 Å². The highest BCUT2D eigenvalue weighted by molar-refractivity contribution is 9.10. The van der Waals surface area contributed by atoms with Crippen molar-refractivity contribution in [1.29, 1.82) is 0 Å². The first-order valence-corrected chi connectivity index (χ1v) is 9.17. The molecule has 1 aliphatic heterocycles. The number of anilines is 1. The van der Waals surface area contributed by atoms with E-state index in [0.29, 0.717) is 15.8 Å². The van der Waals surface area contributed by atoms with Crippen LogP contribution in [0.1, 0.15) is 29.8 Å². The Morgan fingerprint density at radius 2 is 1.96 bits per heavy atom. The van der Waals surface area contributed by atoms with Gasteiger partial charge in [-0.3, -0.25) is 4.79 Å². The normalized spacial score (nSPS) is 16.8. The summed E-state index contributed by atoms with van der Waals surface area (Å²) in [7, 11) is 1.55. The number of amides is 1. The predicted molar refractivity (Wildman–Crippen MR) is 103 cm³/mol. The van der Waals surface area contributed by atoms with E-state index in [1.165, 1.54) is 0 Å². The summed E-state index contributed by atoms with van der Waals surface area (Å²) in [4.78, 5) is 27.0. The first kappa shape index (κ1) is 18.5. The van der Waals surface area contributed by atoms with E-state index in [1.54, 1.807) is 37.1 Å². The molecule has 136 valence electrons. The monoisotopic (exact) mass is 417 g/mol. The van der Waals surface area contributed by atoms with Gasteiger partial charge in [-0.05, 0) is 66.0 Å². The number of carbonyl (C=O) groups excluding carboxylic acids is 2. The molecule has 3 rings (SSSR count). The Labute approximate surface area is 161 Å². The number of fused-ring (bicyclic) bond motifs is 1. The average Bonchev–Trinajstić information content (AvgIpc) is 2.96. The van der Waals surface area contributed by atoms with E-state index < -0.39 is 12.1 Å². The van der Waals surface area contributed by atoms with Gasteiger partial charge < -0.3 is 14.4 Å². The summed E-state index contributed by atoms with van der Waals surface area (Å²) in [6, 6.07) is 12.7. The van der Waals surface area contributed by atoms with Crippen molar-refractivity contribution in [3.8, 4) is 5.75 Å². The quantitative estimate of drug-likeness (QED) is 0.705. The molecule has 0 bridgehead atoms. The third-order valence-corrected chi connectivity index (χ3v) is 5.08. The molecule has 2 aromatic rings. The Morgan fingerprint density at radius 1 is 1.23 bits per heavy atom. The molecular formula is C20H20BrNO4. The van der Waals surface area contributed by atoms with Gasteiger partial charge in [0.05, 0.1) is 17.1 Å². The number of rotatable bonds is 4. The molecule has 0 aromatic heterocycles. The maximum absolute atomic E-state index is 12.9. The van der Waals surface area contributed by atoms with Gasteiger partial charge in [-0.2, -0.15) is 0 Å². The van der Waals surface area contributed by atoms with Crippen molar-refractivity contribution >= 4 is 33.5 Å². The molecule has 0 saturated heterocycles. The molecule has 5 nitrogen and oxygen atoms in total. The van der Waals surface area contributed by atoms with E-state index in [9.17, 15) is 9.59 Å². The van der Waals surface area contributed by atoms with Crippen LogP contribution in [0.25, 0.3) is 0 Å². The third-order valence-electron chi connectivity index (χ3n) is 4.46. The third kappa shape index (κ3) is 3.46. The van der Waals surface area contributed by atoms with Gasteiger partial charge in [0, 0.05) is 11.7 Å². The Morgan fingerprint density at radius 3 is 2.65 bits per heavy atom. The molecule has 0 aliphatic carbocycles. The molecular weight excluding hydrogens is 398 g/mol. The molecule has 0 saturated carbocycles. The van der Waals surface area contributed by atoms with E-state index >= 15 is 0 Å². The van der Waals surface area contributed by atoms with Crippen molar-refractivity contribution in [2.45, 2.75) is 32.4 Å². The fourth-order valence-electron chi connectivity index (χ4n) is 3.17. The maximum atomic E-state index is 12.9. The van der Waals surface area contributed by atoms with E-state index in [1.807, 2.05) is 31.2 Å². The lowest BCUT2D eigenvalue weighted by atomic mass is 10.1. The number of para-hydroxylation sites is 1. The van der Waals surface area contributed by atoms with Gasteiger partial charge in [0.15, 0.2) is 6.10 Å². The van der Waals surface area contributed by atoms with E-state index in [4.69, 9.17) is 9.47 Å². The second-order valence-corrected chi connectivity index (χ2v) is 7.14. The summed E-state index contributed by atoms with van der Waals surface area (Å²) >= 11 is 3.34. The number of esters is 1. The Kier molecular flexibility index (Phi) is 5.32. The fraction of sp³-hybridized carbons (Fsp3) is 0.300. The SMILES string of the molecule is COc1ccc(C(=O)O[C@@H](C)C(=O)N2c3ccccc3C[C@@H]2C)cc1Br. The van der Waals surface area contributed by atoms with Crippen LogP contribution in [0.5, 0.6) is 5.75 Å². The number of benzene rings is 2. The first-order chi connectivity index (χ1) is 12.4. The Balaban J connectivity index is 1.73. The summed E-state index contributed by atoms with van der Waals surface area (Å²) in [5.74, 6) is -0.147. The summed E-state index contributed by atoms with van der Waals surface area (Å²) in [5, 5.41) is 0. The molecule has 2 aromatic carbocycles. The summed E-state index contributed by atoms with van der Waals surface area (Å²) in [5.41, 5.74) is 2.37. The maximum Gasteiger partial charge on any atom is 0.338 e. The predicted octanol–water partition coefficient (Wildman–Crippen LogP) is 3.98. The van der Waals surface area contributed by atoms with Crippen LogP contribution in [-0.4, -0.2) is 31.1 Å². The van der Waals surface area contributed by atoms with Crippen molar-refractivity contribution < 1.29 is 19.1 Å². The number of nitrogens with zero attached hydrogens (tertiary/aromatic N) is 1. The van der Waals surface area contributed by atoms with Crippen LogP contribution in [0, 0.1) is 0 Å². The first-order valence-electron chi connectivity index (χ1n) is 8.38. The van der Waals surface area contributed by atoms with Crippen LogP contribution in [0.3, 0.4) is 0 Å². The second-order valence-electron chi connectivity index (χ2n) is 6.29. The van der Waals surface area contributed by atoms with Crippen molar-refractivity contribution in [3.05, 3.63) is 58.1 Å². The van der Waals surface area contributed by atoms with Gasteiger partial charge in [0.1, 0.15) is 5.75 Å². The molecule has 0 spiro atoms. The van der Waals surface area contributed by atoms with Gasteiger partial charge in [-0.25, -0.2) is 4.79 Å². The van der Waals surface area contributed by atoms with Crippen molar-refractivity contribution in [1.82, 2.24) is 0 Å². The van der Waals surface area contributed by atoms with Crippen molar-refractivity contribution in [3.63, 3.8) is 0 Å². The number of hydrogen-bond donors (Lipinski definition) is 0. The topological polar surface area (TPSA) is 55.8 Å². The summed E-state index contributed by atoms with van der Waals surface area (Å²) in [6.45, 7) is 3.60. The lowest BCUT2D eigenvalue weighted by Crippen LogP contribution is -2.43. The highest BCUT2D eigenvalue weighted by Gasteiger charge is 2.34. The van der Waals surface area contributed by atoms with Crippen LogP contribution in [0.15, 0.2) is 46.9 Å². The van der Waals surface area contributed by atoms with E-state index in [0.717, 1.165) is 17.7 Å². The molecule has 26 heavy (non-hydrogen) atoms. The van der Waals surface area contributed by atoms with Gasteiger partial charge in [-0.15, -0.1) is 0 Å². The molecule has 0 fully saturated rings. The number of hydrogen-bond acceptors (Lipinski definition) is 4. The summed E-state index contributed by atoms with van der Waals surface area (Å²) < 4.78 is 11.2. The standard InChI is InChI=1S/C20H20BrNO4/c1-12-10-14-6-4-5-7-17(14)22(12)19(23)13(2)26-20(24)15-8-9-18(25-3)16(21)11-15/h4-9,11-13H,10H2,1-3H3/t12-,13-/m0/s1. The zero-order valence-corrected chi connectivity index (χ0v) is 16.4. The minimum absolute atomic E-state index is 0.0381. The zero-order valence-electron chi connectivity index (χ0n) is 14.9. The second kappa shape index (κ2) is 7.50. The lowest BCUT2D eigenvalue weighted by Gasteiger charge is -2.26. The molecule has 1 aliphatic rings. The number of ether oxygens (including phenoxy) is 2. The largest absolute Gasteiger partial charge is 0.496 e. The van der Waals surface area contributed by atoms with Crippen LogP contribution in [0.4, 0.5) is 5.69 Å². The lowest BCUT2D eigenvalue weighted by molar-refractivity contribution is -0.126. The number of methoxy groups -OCH3 is 1. The molecule has 2 atom stereocenters. The molecule has 0 N–H and O–H groups in total. The van der Waals surface area contributed by atoms with E-state index in [2.05, 4.69) is 15.9 Å². The van der Waals surface area contributed by atoms with Crippen LogP contribution in [-0.2, 0) is 16.0 Å². The molecule has 1 amide bonds. The highest BCUT2D eigenvalue weighted by Crippen LogP contribution is 2.32.